The highest BCUT2D eigenvalue weighted by molar-refractivity contribution is 7.87. The zero-order valence-corrected chi connectivity index (χ0v) is 10.1. The predicted octanol–water partition coefficient (Wildman–Crippen LogP) is 1.04. The third kappa shape index (κ3) is 2.61. The fraction of sp³-hybridized carbons (Fsp3) is 0.455. The summed E-state index contributed by atoms with van der Waals surface area (Å²) in [6, 6.07) is 7.94. The Labute approximate surface area is 96.5 Å². The van der Waals surface area contributed by atoms with Crippen LogP contribution < -0.4 is 4.72 Å². The van der Waals surface area contributed by atoms with Crippen molar-refractivity contribution in [3.05, 3.63) is 35.4 Å². The highest BCUT2D eigenvalue weighted by Crippen LogP contribution is 2.12. The van der Waals surface area contributed by atoms with Crippen LogP contribution in [0, 0.1) is 6.92 Å². The molecule has 5 heteroatoms. The zero-order valence-electron chi connectivity index (χ0n) is 9.31. The Balaban J connectivity index is 2.11. The molecule has 4 nitrogen and oxygen atoms in total. The van der Waals surface area contributed by atoms with Crippen molar-refractivity contribution >= 4 is 10.2 Å². The van der Waals surface area contributed by atoms with E-state index in [1.165, 1.54) is 9.87 Å². The summed E-state index contributed by atoms with van der Waals surface area (Å²) in [7, 11) is -3.25. The van der Waals surface area contributed by atoms with Gasteiger partial charge in [0.15, 0.2) is 0 Å². The van der Waals surface area contributed by atoms with Crippen LogP contribution in [0.1, 0.15) is 17.5 Å². The predicted molar refractivity (Wildman–Crippen MR) is 63.1 cm³/mol. The van der Waals surface area contributed by atoms with Crippen LogP contribution in [0.3, 0.4) is 0 Å². The topological polar surface area (TPSA) is 49.4 Å². The monoisotopic (exact) mass is 240 g/mol. The first kappa shape index (κ1) is 11.6. The molecule has 0 unspecified atom stereocenters. The number of rotatable bonds is 2. The molecule has 0 saturated carbocycles. The molecule has 2 rings (SSSR count). The van der Waals surface area contributed by atoms with E-state index in [0.717, 1.165) is 12.0 Å². The smallest absolute Gasteiger partial charge is 0.202 e. The fourth-order valence-electron chi connectivity index (χ4n) is 1.73. The number of benzene rings is 1. The van der Waals surface area contributed by atoms with Gasteiger partial charge >= 0.3 is 0 Å². The van der Waals surface area contributed by atoms with Crippen LogP contribution in [0.2, 0.25) is 0 Å². The van der Waals surface area contributed by atoms with Crippen LogP contribution in [-0.2, 0) is 16.8 Å². The first-order valence-corrected chi connectivity index (χ1v) is 6.82. The van der Waals surface area contributed by atoms with Gasteiger partial charge < -0.3 is 0 Å². The Morgan fingerprint density at radius 1 is 1.31 bits per heavy atom. The molecule has 0 atom stereocenters. The first-order valence-electron chi connectivity index (χ1n) is 5.38. The third-order valence-electron chi connectivity index (χ3n) is 2.69. The molecule has 0 radical (unpaired) electrons. The second-order valence-corrected chi connectivity index (χ2v) is 5.83. The molecule has 0 amide bonds. The average molecular weight is 240 g/mol. The Kier molecular flexibility index (Phi) is 3.28. The van der Waals surface area contributed by atoms with E-state index >= 15 is 0 Å². The minimum Gasteiger partial charge on any atom is -0.202 e. The standard InChI is InChI=1S/C11H16N2O2S/c1-10-3-5-11(6-4-10)9-13-8-2-7-12-16(13,14)15/h3-6,12H,2,7-9H2,1H3. The molecule has 1 fully saturated rings. The van der Waals surface area contributed by atoms with Crippen molar-refractivity contribution < 1.29 is 8.42 Å². The summed E-state index contributed by atoms with van der Waals surface area (Å²) in [6.07, 6.45) is 0.866. The van der Waals surface area contributed by atoms with Gasteiger partial charge in [0.2, 0.25) is 0 Å². The lowest BCUT2D eigenvalue weighted by molar-refractivity contribution is 0.369. The molecule has 0 aliphatic carbocycles. The largest absolute Gasteiger partial charge is 0.279 e. The molecule has 1 saturated heterocycles. The number of hydrogen-bond donors (Lipinski definition) is 1. The molecule has 1 aromatic rings. The van der Waals surface area contributed by atoms with Crippen LogP contribution in [-0.4, -0.2) is 25.8 Å². The Morgan fingerprint density at radius 3 is 2.62 bits per heavy atom. The summed E-state index contributed by atoms with van der Waals surface area (Å²) >= 11 is 0. The average Bonchev–Trinajstić information content (AvgIpc) is 2.24. The minimum absolute atomic E-state index is 0.454. The molecule has 1 heterocycles. The lowest BCUT2D eigenvalue weighted by Gasteiger charge is -2.26. The summed E-state index contributed by atoms with van der Waals surface area (Å²) < 4.78 is 27.4. The normalized spacial score (nSPS) is 20.8. The molecule has 0 spiro atoms. The van der Waals surface area contributed by atoms with E-state index in [1.54, 1.807) is 0 Å². The van der Waals surface area contributed by atoms with Crippen LogP contribution >= 0.6 is 0 Å². The maximum atomic E-state index is 11.7. The Morgan fingerprint density at radius 2 is 2.00 bits per heavy atom. The first-order chi connectivity index (χ1) is 7.58. The zero-order chi connectivity index (χ0) is 11.6. The highest BCUT2D eigenvalue weighted by Gasteiger charge is 2.24. The quantitative estimate of drug-likeness (QED) is 0.839. The van der Waals surface area contributed by atoms with E-state index in [9.17, 15) is 8.42 Å². The van der Waals surface area contributed by atoms with E-state index in [1.807, 2.05) is 31.2 Å². The molecule has 1 N–H and O–H groups in total. The lowest BCUT2D eigenvalue weighted by atomic mass is 10.1. The van der Waals surface area contributed by atoms with Gasteiger partial charge in [-0.25, -0.2) is 4.72 Å². The molecule has 0 aromatic heterocycles. The second kappa shape index (κ2) is 4.53. The van der Waals surface area contributed by atoms with Gasteiger partial charge in [-0.05, 0) is 18.9 Å². The molecular weight excluding hydrogens is 224 g/mol. The van der Waals surface area contributed by atoms with Crippen molar-refractivity contribution in [3.8, 4) is 0 Å². The molecule has 1 aliphatic rings. The van der Waals surface area contributed by atoms with Crippen molar-refractivity contribution in [2.75, 3.05) is 13.1 Å². The molecule has 1 aromatic carbocycles. The number of nitrogens with zero attached hydrogens (tertiary/aromatic N) is 1. The van der Waals surface area contributed by atoms with Gasteiger partial charge in [-0.1, -0.05) is 29.8 Å². The molecular formula is C11H16N2O2S. The minimum atomic E-state index is -3.25. The van der Waals surface area contributed by atoms with E-state index in [4.69, 9.17) is 0 Å². The Hall–Kier alpha value is -0.910. The highest BCUT2D eigenvalue weighted by atomic mass is 32.2. The number of aryl methyl sites for hydroxylation is 1. The summed E-state index contributed by atoms with van der Waals surface area (Å²) in [4.78, 5) is 0. The summed E-state index contributed by atoms with van der Waals surface area (Å²) in [5, 5.41) is 0. The lowest BCUT2D eigenvalue weighted by Crippen LogP contribution is -2.46. The molecule has 16 heavy (non-hydrogen) atoms. The van der Waals surface area contributed by atoms with Gasteiger partial charge in [0.25, 0.3) is 10.2 Å². The maximum Gasteiger partial charge on any atom is 0.279 e. The number of hydrogen-bond acceptors (Lipinski definition) is 2. The van der Waals surface area contributed by atoms with Crippen LogP contribution in [0.5, 0.6) is 0 Å². The second-order valence-electron chi connectivity index (χ2n) is 4.07. The SMILES string of the molecule is Cc1ccc(CN2CCCNS2(=O)=O)cc1. The third-order valence-corrected chi connectivity index (χ3v) is 4.25. The van der Waals surface area contributed by atoms with E-state index in [2.05, 4.69) is 4.72 Å². The van der Waals surface area contributed by atoms with Gasteiger partial charge in [-0.3, -0.25) is 0 Å². The van der Waals surface area contributed by atoms with Crippen molar-refractivity contribution in [2.24, 2.45) is 0 Å². The van der Waals surface area contributed by atoms with Crippen LogP contribution in [0.15, 0.2) is 24.3 Å². The number of nitrogens with one attached hydrogen (secondary N) is 1. The maximum absolute atomic E-state index is 11.7. The summed E-state index contributed by atoms with van der Waals surface area (Å²) in [6.45, 7) is 3.62. The van der Waals surface area contributed by atoms with E-state index in [0.29, 0.717) is 19.6 Å². The van der Waals surface area contributed by atoms with Gasteiger partial charge in [0, 0.05) is 19.6 Å². The Bertz CT molecular complexity index is 453. The molecule has 1 aliphatic heterocycles. The van der Waals surface area contributed by atoms with Gasteiger partial charge in [-0.15, -0.1) is 0 Å². The fourth-order valence-corrected chi connectivity index (χ4v) is 3.00. The van der Waals surface area contributed by atoms with Crippen LogP contribution in [0.4, 0.5) is 0 Å². The van der Waals surface area contributed by atoms with Gasteiger partial charge in [0.1, 0.15) is 0 Å². The van der Waals surface area contributed by atoms with Crippen molar-refractivity contribution in [1.29, 1.82) is 0 Å². The summed E-state index contributed by atoms with van der Waals surface area (Å²) in [5.41, 5.74) is 2.21. The van der Waals surface area contributed by atoms with Crippen molar-refractivity contribution in [3.63, 3.8) is 0 Å². The molecule has 0 bridgehead atoms. The summed E-state index contributed by atoms with van der Waals surface area (Å²) in [5.74, 6) is 0. The molecule has 88 valence electrons. The van der Waals surface area contributed by atoms with E-state index in [-0.39, 0.29) is 0 Å². The van der Waals surface area contributed by atoms with Crippen molar-refractivity contribution in [1.82, 2.24) is 9.03 Å². The van der Waals surface area contributed by atoms with E-state index < -0.39 is 10.2 Å². The van der Waals surface area contributed by atoms with Gasteiger partial charge in [-0.2, -0.15) is 12.7 Å². The van der Waals surface area contributed by atoms with Crippen molar-refractivity contribution in [2.45, 2.75) is 19.9 Å². The van der Waals surface area contributed by atoms with Gasteiger partial charge in [0.05, 0.1) is 0 Å². The van der Waals surface area contributed by atoms with Crippen LogP contribution in [0.25, 0.3) is 0 Å².